The number of hydrogen-bond acceptors (Lipinski definition) is 5. The van der Waals surface area contributed by atoms with Crippen LogP contribution in [0.15, 0.2) is 109 Å². The topological polar surface area (TPSA) is 72.7 Å². The SMILES string of the molecule is O=C(Nc1ccccc1F)c1ccc(CSc2nnc(-c3ccncc3)n2Cc2ccccc2)cc1. The lowest BCUT2D eigenvalue weighted by atomic mass is 10.1. The van der Waals surface area contributed by atoms with Gasteiger partial charge >= 0.3 is 0 Å². The third-order valence-corrected chi connectivity index (χ3v) is 6.58. The van der Waals surface area contributed by atoms with E-state index in [1.165, 1.54) is 12.1 Å². The van der Waals surface area contributed by atoms with Crippen LogP contribution in [0, 0.1) is 5.82 Å². The lowest BCUT2D eigenvalue weighted by Crippen LogP contribution is -2.12. The first-order chi connectivity index (χ1) is 17.7. The number of thioether (sulfide) groups is 1. The fourth-order valence-electron chi connectivity index (χ4n) is 3.68. The normalized spacial score (nSPS) is 10.8. The van der Waals surface area contributed by atoms with E-state index in [0.29, 0.717) is 17.9 Å². The number of anilines is 1. The van der Waals surface area contributed by atoms with Crippen molar-refractivity contribution in [1.29, 1.82) is 0 Å². The number of nitrogens with zero attached hydrogens (tertiary/aromatic N) is 4. The maximum Gasteiger partial charge on any atom is 0.255 e. The maximum atomic E-state index is 13.8. The molecule has 6 nitrogen and oxygen atoms in total. The van der Waals surface area contributed by atoms with E-state index in [9.17, 15) is 9.18 Å². The summed E-state index contributed by atoms with van der Waals surface area (Å²) in [6.45, 7) is 0.642. The van der Waals surface area contributed by atoms with Crippen molar-refractivity contribution in [3.63, 3.8) is 0 Å². The Balaban J connectivity index is 1.31. The van der Waals surface area contributed by atoms with E-state index in [1.54, 1.807) is 48.4 Å². The molecule has 0 aliphatic carbocycles. The molecule has 0 aliphatic rings. The molecular formula is C28H22FN5OS. The summed E-state index contributed by atoms with van der Waals surface area (Å²) in [6.07, 6.45) is 3.49. The van der Waals surface area contributed by atoms with E-state index in [4.69, 9.17) is 0 Å². The smallest absolute Gasteiger partial charge is 0.255 e. The Kier molecular flexibility index (Phi) is 7.14. The Morgan fingerprint density at radius 1 is 0.833 bits per heavy atom. The van der Waals surface area contributed by atoms with Crippen LogP contribution >= 0.6 is 11.8 Å². The zero-order chi connectivity index (χ0) is 24.7. The Labute approximate surface area is 212 Å². The fraction of sp³-hybridized carbons (Fsp3) is 0.0714. The van der Waals surface area contributed by atoms with Gasteiger partial charge in [-0.3, -0.25) is 14.3 Å². The molecule has 0 saturated heterocycles. The summed E-state index contributed by atoms with van der Waals surface area (Å²) < 4.78 is 15.9. The van der Waals surface area contributed by atoms with Crippen LogP contribution in [-0.2, 0) is 12.3 Å². The molecule has 0 bridgehead atoms. The monoisotopic (exact) mass is 495 g/mol. The number of hydrogen-bond donors (Lipinski definition) is 1. The summed E-state index contributed by atoms with van der Waals surface area (Å²) in [7, 11) is 0. The van der Waals surface area contributed by atoms with Crippen molar-refractivity contribution in [2.45, 2.75) is 17.5 Å². The van der Waals surface area contributed by atoms with E-state index in [0.717, 1.165) is 27.7 Å². The van der Waals surface area contributed by atoms with Gasteiger partial charge < -0.3 is 5.32 Å². The number of carbonyl (C=O) groups is 1. The molecule has 2 aromatic heterocycles. The number of amides is 1. The van der Waals surface area contributed by atoms with Crippen LogP contribution in [0.2, 0.25) is 0 Å². The zero-order valence-corrected chi connectivity index (χ0v) is 20.0. The number of benzene rings is 3. The minimum Gasteiger partial charge on any atom is -0.319 e. The van der Waals surface area contributed by atoms with Crippen molar-refractivity contribution in [1.82, 2.24) is 19.7 Å². The molecule has 0 fully saturated rings. The first-order valence-corrected chi connectivity index (χ1v) is 12.3. The number of halogens is 1. The molecule has 0 aliphatic heterocycles. The summed E-state index contributed by atoms with van der Waals surface area (Å²) >= 11 is 1.58. The highest BCUT2D eigenvalue weighted by Crippen LogP contribution is 2.27. The van der Waals surface area contributed by atoms with Gasteiger partial charge in [-0.05, 0) is 47.5 Å². The van der Waals surface area contributed by atoms with Gasteiger partial charge in [-0.15, -0.1) is 10.2 Å². The van der Waals surface area contributed by atoms with Crippen LogP contribution < -0.4 is 5.32 Å². The first-order valence-electron chi connectivity index (χ1n) is 11.3. The number of rotatable bonds is 8. The second-order valence-electron chi connectivity index (χ2n) is 8.03. The number of aromatic nitrogens is 4. The highest BCUT2D eigenvalue weighted by Gasteiger charge is 2.15. The largest absolute Gasteiger partial charge is 0.319 e. The Bertz CT molecular complexity index is 1460. The summed E-state index contributed by atoms with van der Waals surface area (Å²) in [5, 5.41) is 12.3. The highest BCUT2D eigenvalue weighted by molar-refractivity contribution is 7.98. The summed E-state index contributed by atoms with van der Waals surface area (Å²) in [5.74, 6) is 0.607. The molecule has 1 N–H and O–H groups in total. The average Bonchev–Trinajstić information content (AvgIpc) is 3.32. The molecule has 0 radical (unpaired) electrons. The third kappa shape index (κ3) is 5.50. The second-order valence-corrected chi connectivity index (χ2v) is 8.98. The van der Waals surface area contributed by atoms with Gasteiger partial charge in [-0.2, -0.15) is 0 Å². The van der Waals surface area contributed by atoms with Crippen molar-refractivity contribution >= 4 is 23.4 Å². The minimum absolute atomic E-state index is 0.157. The molecule has 8 heteroatoms. The van der Waals surface area contributed by atoms with Gasteiger partial charge in [0, 0.05) is 29.3 Å². The number of pyridine rings is 1. The van der Waals surface area contributed by atoms with Crippen LogP contribution in [-0.4, -0.2) is 25.7 Å². The summed E-state index contributed by atoms with van der Waals surface area (Å²) in [4.78, 5) is 16.6. The predicted octanol–water partition coefficient (Wildman–Crippen LogP) is 6.07. The Hall–Kier alpha value is -4.30. The molecule has 0 saturated carbocycles. The van der Waals surface area contributed by atoms with Crippen LogP contribution in [0.1, 0.15) is 21.5 Å². The molecule has 1 amide bonds. The lowest BCUT2D eigenvalue weighted by Gasteiger charge is -2.11. The van der Waals surface area contributed by atoms with Gasteiger partial charge in [-0.25, -0.2) is 4.39 Å². The summed E-state index contributed by atoms with van der Waals surface area (Å²) in [6, 6.07) is 27.4. The Morgan fingerprint density at radius 3 is 2.31 bits per heavy atom. The van der Waals surface area contributed by atoms with Crippen molar-refractivity contribution in [2.24, 2.45) is 0 Å². The van der Waals surface area contributed by atoms with E-state index in [2.05, 4.69) is 37.2 Å². The standard InChI is InChI=1S/C28H22FN5OS/c29-24-8-4-5-9-25(24)31-27(35)23-12-10-21(11-13-23)19-36-28-33-32-26(22-14-16-30-17-15-22)34(28)18-20-6-2-1-3-7-20/h1-17H,18-19H2,(H,31,35). The van der Waals surface area contributed by atoms with Crippen molar-refractivity contribution in [3.05, 3.63) is 126 Å². The number of carbonyl (C=O) groups excluding carboxylic acids is 1. The van der Waals surface area contributed by atoms with Gasteiger partial charge in [0.05, 0.1) is 12.2 Å². The van der Waals surface area contributed by atoms with E-state index in [-0.39, 0.29) is 11.6 Å². The Morgan fingerprint density at radius 2 is 1.56 bits per heavy atom. The average molecular weight is 496 g/mol. The molecule has 36 heavy (non-hydrogen) atoms. The van der Waals surface area contributed by atoms with E-state index < -0.39 is 5.82 Å². The quantitative estimate of drug-likeness (QED) is 0.265. The van der Waals surface area contributed by atoms with E-state index in [1.807, 2.05) is 42.5 Å². The molecule has 5 aromatic rings. The van der Waals surface area contributed by atoms with Gasteiger partial charge in [0.15, 0.2) is 11.0 Å². The van der Waals surface area contributed by atoms with Gasteiger partial charge in [-0.1, -0.05) is 66.4 Å². The second kappa shape index (κ2) is 11.0. The first kappa shape index (κ1) is 23.4. The fourth-order valence-corrected chi connectivity index (χ4v) is 4.57. The highest BCUT2D eigenvalue weighted by atomic mass is 32.2. The molecule has 3 aromatic carbocycles. The third-order valence-electron chi connectivity index (χ3n) is 5.54. The summed E-state index contributed by atoms with van der Waals surface area (Å²) in [5.41, 5.74) is 3.75. The van der Waals surface area contributed by atoms with Crippen LogP contribution in [0.25, 0.3) is 11.4 Å². The minimum atomic E-state index is -0.468. The molecule has 178 valence electrons. The molecule has 2 heterocycles. The molecular weight excluding hydrogens is 473 g/mol. The number of nitrogens with one attached hydrogen (secondary N) is 1. The molecule has 0 atom stereocenters. The van der Waals surface area contributed by atoms with Gasteiger partial charge in [0.25, 0.3) is 5.91 Å². The van der Waals surface area contributed by atoms with Crippen LogP contribution in [0.5, 0.6) is 0 Å². The van der Waals surface area contributed by atoms with Crippen molar-refractivity contribution in [2.75, 3.05) is 5.32 Å². The lowest BCUT2D eigenvalue weighted by molar-refractivity contribution is 0.102. The molecule has 5 rings (SSSR count). The van der Waals surface area contributed by atoms with E-state index >= 15 is 0 Å². The zero-order valence-electron chi connectivity index (χ0n) is 19.2. The maximum absolute atomic E-state index is 13.8. The van der Waals surface area contributed by atoms with Crippen LogP contribution in [0.3, 0.4) is 0 Å². The van der Waals surface area contributed by atoms with Crippen molar-refractivity contribution < 1.29 is 9.18 Å². The molecule has 0 spiro atoms. The van der Waals surface area contributed by atoms with Crippen molar-refractivity contribution in [3.8, 4) is 11.4 Å². The van der Waals surface area contributed by atoms with Crippen LogP contribution in [0.4, 0.5) is 10.1 Å². The van der Waals surface area contributed by atoms with Gasteiger partial charge in [0.2, 0.25) is 0 Å². The predicted molar refractivity (Wildman–Crippen MR) is 139 cm³/mol. The molecule has 0 unspecified atom stereocenters. The number of para-hydroxylation sites is 1. The van der Waals surface area contributed by atoms with Gasteiger partial charge in [0.1, 0.15) is 5.82 Å².